The Bertz CT molecular complexity index is 615. The summed E-state index contributed by atoms with van der Waals surface area (Å²) in [6.45, 7) is 3.50. The van der Waals surface area contributed by atoms with Crippen molar-refractivity contribution in [3.63, 3.8) is 0 Å². The van der Waals surface area contributed by atoms with Crippen molar-refractivity contribution in [2.75, 3.05) is 26.8 Å². The number of carbonyl (C=O) groups is 2. The van der Waals surface area contributed by atoms with E-state index in [1.807, 2.05) is 4.90 Å². The molecule has 2 atom stereocenters. The molecule has 7 nitrogen and oxygen atoms in total. The van der Waals surface area contributed by atoms with Gasteiger partial charge in [-0.25, -0.2) is 0 Å². The molecule has 0 radical (unpaired) electrons. The summed E-state index contributed by atoms with van der Waals surface area (Å²) in [6.07, 6.45) is 4.48. The number of carbonyl (C=O) groups excluding carboxylic acids is 2. The third kappa shape index (κ3) is 3.17. The Morgan fingerprint density at radius 2 is 2.38 bits per heavy atom. The summed E-state index contributed by atoms with van der Waals surface area (Å²) in [6, 6.07) is 1.82. The standard InChI is InChI=1S/C17H25N3O4/c1-12-10-13(19-24-12)16(22)18-11-17-6-3-4-14(17)20(8-9-23-2)15(21)5-7-17/h10,14H,3-9,11H2,1-2H3,(H,18,22)/t14-,17+/m1/s1. The van der Waals surface area contributed by atoms with Crippen molar-refractivity contribution in [1.29, 1.82) is 0 Å². The molecule has 0 unspecified atom stereocenters. The number of nitrogens with one attached hydrogen (secondary N) is 1. The lowest BCUT2D eigenvalue weighted by Crippen LogP contribution is -2.56. The molecule has 1 aliphatic heterocycles. The molecule has 1 N–H and O–H groups in total. The van der Waals surface area contributed by atoms with Crippen LogP contribution in [0.5, 0.6) is 0 Å². The fraction of sp³-hybridized carbons (Fsp3) is 0.706. The zero-order valence-electron chi connectivity index (χ0n) is 14.3. The first-order chi connectivity index (χ1) is 11.6. The van der Waals surface area contributed by atoms with Gasteiger partial charge in [-0.3, -0.25) is 9.59 Å². The number of likely N-dealkylation sites (tertiary alicyclic amines) is 1. The first kappa shape index (κ1) is 17.0. The van der Waals surface area contributed by atoms with E-state index >= 15 is 0 Å². The van der Waals surface area contributed by atoms with E-state index in [0.29, 0.717) is 37.6 Å². The van der Waals surface area contributed by atoms with Gasteiger partial charge >= 0.3 is 0 Å². The van der Waals surface area contributed by atoms with Crippen LogP contribution >= 0.6 is 0 Å². The molecule has 2 heterocycles. The van der Waals surface area contributed by atoms with Gasteiger partial charge in [-0.2, -0.15) is 0 Å². The van der Waals surface area contributed by atoms with Crippen molar-refractivity contribution in [2.45, 2.75) is 45.1 Å². The van der Waals surface area contributed by atoms with E-state index in [2.05, 4.69) is 10.5 Å². The lowest BCUT2D eigenvalue weighted by atomic mass is 9.74. The molecule has 1 aromatic rings. The van der Waals surface area contributed by atoms with Crippen LogP contribution in [0, 0.1) is 12.3 Å². The molecule has 0 bridgehead atoms. The Kier molecular flexibility index (Phi) is 4.89. The highest BCUT2D eigenvalue weighted by molar-refractivity contribution is 5.92. The van der Waals surface area contributed by atoms with Gasteiger partial charge in [0.1, 0.15) is 5.76 Å². The average Bonchev–Trinajstić information content (AvgIpc) is 3.19. The second kappa shape index (κ2) is 6.93. The molecule has 2 fully saturated rings. The number of methoxy groups -OCH3 is 1. The Labute approximate surface area is 141 Å². The molecule has 7 heteroatoms. The van der Waals surface area contributed by atoms with E-state index in [9.17, 15) is 9.59 Å². The molecule has 1 aromatic heterocycles. The lowest BCUT2D eigenvalue weighted by Gasteiger charge is -2.46. The van der Waals surface area contributed by atoms with Crippen LogP contribution < -0.4 is 5.32 Å². The average molecular weight is 335 g/mol. The van der Waals surface area contributed by atoms with Crippen LogP contribution in [0.15, 0.2) is 10.6 Å². The topological polar surface area (TPSA) is 84.7 Å². The molecule has 24 heavy (non-hydrogen) atoms. The molecular weight excluding hydrogens is 310 g/mol. The molecular formula is C17H25N3O4. The largest absolute Gasteiger partial charge is 0.383 e. The van der Waals surface area contributed by atoms with Gasteiger partial charge in [0.25, 0.3) is 5.91 Å². The summed E-state index contributed by atoms with van der Waals surface area (Å²) in [5.74, 6) is 0.603. The Morgan fingerprint density at radius 1 is 1.54 bits per heavy atom. The van der Waals surface area contributed by atoms with Crippen LogP contribution in [0.2, 0.25) is 0 Å². The predicted molar refractivity (Wildman–Crippen MR) is 86.5 cm³/mol. The van der Waals surface area contributed by atoms with Crippen molar-refractivity contribution >= 4 is 11.8 Å². The van der Waals surface area contributed by atoms with Gasteiger partial charge in [-0.1, -0.05) is 11.6 Å². The van der Waals surface area contributed by atoms with Crippen molar-refractivity contribution < 1.29 is 18.8 Å². The maximum absolute atomic E-state index is 12.3. The van der Waals surface area contributed by atoms with Crippen molar-refractivity contribution in [3.05, 3.63) is 17.5 Å². The second-order valence-electron chi connectivity index (χ2n) is 6.86. The molecule has 1 saturated carbocycles. The second-order valence-corrected chi connectivity index (χ2v) is 6.86. The minimum absolute atomic E-state index is 0.0317. The highest BCUT2D eigenvalue weighted by Crippen LogP contribution is 2.47. The van der Waals surface area contributed by atoms with E-state index in [1.54, 1.807) is 20.1 Å². The van der Waals surface area contributed by atoms with Crippen LogP contribution in [0.4, 0.5) is 0 Å². The third-order valence-electron chi connectivity index (χ3n) is 5.39. The summed E-state index contributed by atoms with van der Waals surface area (Å²) in [4.78, 5) is 26.5. The molecule has 2 aliphatic rings. The first-order valence-corrected chi connectivity index (χ1v) is 8.56. The number of fused-ring (bicyclic) bond motifs is 1. The zero-order valence-corrected chi connectivity index (χ0v) is 14.3. The molecule has 0 spiro atoms. The van der Waals surface area contributed by atoms with E-state index < -0.39 is 0 Å². The molecule has 2 amide bonds. The molecule has 1 saturated heterocycles. The minimum atomic E-state index is -0.216. The molecule has 0 aromatic carbocycles. The number of piperidine rings is 1. The Morgan fingerprint density at radius 3 is 3.08 bits per heavy atom. The summed E-state index contributed by atoms with van der Waals surface area (Å²) in [7, 11) is 1.65. The number of amides is 2. The van der Waals surface area contributed by atoms with E-state index in [0.717, 1.165) is 25.7 Å². The number of hydrogen-bond donors (Lipinski definition) is 1. The summed E-state index contributed by atoms with van der Waals surface area (Å²) >= 11 is 0. The fourth-order valence-corrected chi connectivity index (χ4v) is 4.16. The molecule has 1 aliphatic carbocycles. The van der Waals surface area contributed by atoms with Gasteiger partial charge in [0.15, 0.2) is 5.69 Å². The van der Waals surface area contributed by atoms with Gasteiger partial charge in [-0.05, 0) is 26.2 Å². The normalized spacial score (nSPS) is 26.5. The van der Waals surface area contributed by atoms with Gasteiger partial charge in [0, 0.05) is 44.1 Å². The summed E-state index contributed by atoms with van der Waals surface area (Å²) < 4.78 is 10.1. The molecule has 3 rings (SSSR count). The van der Waals surface area contributed by atoms with Crippen LogP contribution in [0.25, 0.3) is 0 Å². The van der Waals surface area contributed by atoms with Crippen LogP contribution in [0.3, 0.4) is 0 Å². The van der Waals surface area contributed by atoms with E-state index in [4.69, 9.17) is 9.26 Å². The maximum Gasteiger partial charge on any atom is 0.273 e. The van der Waals surface area contributed by atoms with Crippen molar-refractivity contribution in [2.24, 2.45) is 5.41 Å². The van der Waals surface area contributed by atoms with Gasteiger partial charge < -0.3 is 19.5 Å². The van der Waals surface area contributed by atoms with Gasteiger partial charge in [-0.15, -0.1) is 0 Å². The first-order valence-electron chi connectivity index (χ1n) is 8.56. The van der Waals surface area contributed by atoms with E-state index in [1.165, 1.54) is 0 Å². The smallest absolute Gasteiger partial charge is 0.273 e. The minimum Gasteiger partial charge on any atom is -0.383 e. The zero-order chi connectivity index (χ0) is 17.2. The predicted octanol–water partition coefficient (Wildman–Crippen LogP) is 1.52. The number of hydrogen-bond acceptors (Lipinski definition) is 5. The number of ether oxygens (including phenoxy) is 1. The highest BCUT2D eigenvalue weighted by Gasteiger charge is 2.50. The lowest BCUT2D eigenvalue weighted by molar-refractivity contribution is -0.142. The van der Waals surface area contributed by atoms with Crippen LogP contribution in [-0.2, 0) is 9.53 Å². The van der Waals surface area contributed by atoms with Crippen molar-refractivity contribution in [3.8, 4) is 0 Å². The monoisotopic (exact) mass is 335 g/mol. The summed E-state index contributed by atoms with van der Waals surface area (Å²) in [5, 5.41) is 6.77. The highest BCUT2D eigenvalue weighted by atomic mass is 16.5. The van der Waals surface area contributed by atoms with Crippen LogP contribution in [-0.4, -0.2) is 54.7 Å². The SMILES string of the molecule is COCCN1C(=O)CC[C@]2(CNC(=O)c3cc(C)on3)CCC[C@@H]12. The van der Waals surface area contributed by atoms with Gasteiger partial charge in [0.05, 0.1) is 6.61 Å². The summed E-state index contributed by atoms with van der Waals surface area (Å²) in [5.41, 5.74) is 0.275. The number of aryl methyl sites for hydroxylation is 1. The number of aromatic nitrogens is 1. The van der Waals surface area contributed by atoms with Crippen LogP contribution in [0.1, 0.15) is 48.4 Å². The Balaban J connectivity index is 1.68. The maximum atomic E-state index is 12.3. The van der Waals surface area contributed by atoms with Crippen molar-refractivity contribution in [1.82, 2.24) is 15.4 Å². The quantitative estimate of drug-likeness (QED) is 0.852. The Hall–Kier alpha value is -1.89. The van der Waals surface area contributed by atoms with Gasteiger partial charge in [0.2, 0.25) is 5.91 Å². The third-order valence-corrected chi connectivity index (χ3v) is 5.39. The fourth-order valence-electron chi connectivity index (χ4n) is 4.16. The number of nitrogens with zero attached hydrogens (tertiary/aromatic N) is 2. The molecule has 132 valence electrons. The number of rotatable bonds is 6. The van der Waals surface area contributed by atoms with E-state index in [-0.39, 0.29) is 23.3 Å².